The Balaban J connectivity index is 2.49. The summed E-state index contributed by atoms with van der Waals surface area (Å²) >= 11 is 0. The van der Waals surface area contributed by atoms with E-state index in [0.717, 1.165) is 5.56 Å². The second-order valence-corrected chi connectivity index (χ2v) is 4.61. The first-order valence-electron chi connectivity index (χ1n) is 5.87. The van der Waals surface area contributed by atoms with Crippen LogP contribution in [-0.4, -0.2) is 5.78 Å². The van der Waals surface area contributed by atoms with Crippen LogP contribution in [0.2, 0.25) is 0 Å². The molecule has 0 aliphatic carbocycles. The standard InChI is InChI=1S/C16H15FO/c1-10-4-6-13(7-5-10)16(18)15-11(2)8-14(17)9-12(15)3/h4-9H,1-3H3. The van der Waals surface area contributed by atoms with Crippen molar-refractivity contribution in [1.29, 1.82) is 0 Å². The third-order valence-corrected chi connectivity index (χ3v) is 3.04. The van der Waals surface area contributed by atoms with Gasteiger partial charge in [-0.2, -0.15) is 0 Å². The molecule has 0 unspecified atom stereocenters. The summed E-state index contributed by atoms with van der Waals surface area (Å²) in [5.41, 5.74) is 3.70. The molecule has 0 amide bonds. The van der Waals surface area contributed by atoms with Gasteiger partial charge in [0.1, 0.15) is 5.82 Å². The summed E-state index contributed by atoms with van der Waals surface area (Å²) in [4.78, 5) is 12.4. The molecular formula is C16H15FO. The van der Waals surface area contributed by atoms with Crippen molar-refractivity contribution in [1.82, 2.24) is 0 Å². The predicted octanol–water partition coefficient (Wildman–Crippen LogP) is 3.98. The smallest absolute Gasteiger partial charge is 0.193 e. The molecular weight excluding hydrogens is 227 g/mol. The molecule has 2 rings (SSSR count). The van der Waals surface area contributed by atoms with Gasteiger partial charge >= 0.3 is 0 Å². The van der Waals surface area contributed by atoms with Crippen LogP contribution in [0, 0.1) is 26.6 Å². The minimum Gasteiger partial charge on any atom is -0.289 e. The molecule has 0 fully saturated rings. The van der Waals surface area contributed by atoms with Crippen LogP contribution in [0.5, 0.6) is 0 Å². The maximum atomic E-state index is 13.2. The number of hydrogen-bond acceptors (Lipinski definition) is 1. The summed E-state index contributed by atoms with van der Waals surface area (Å²) in [6, 6.07) is 10.2. The number of benzene rings is 2. The van der Waals surface area contributed by atoms with E-state index in [1.54, 1.807) is 26.0 Å². The zero-order valence-corrected chi connectivity index (χ0v) is 10.8. The molecule has 2 aromatic rings. The zero-order chi connectivity index (χ0) is 13.3. The summed E-state index contributed by atoms with van der Waals surface area (Å²) in [5.74, 6) is -0.351. The lowest BCUT2D eigenvalue weighted by Crippen LogP contribution is -2.07. The number of aryl methyl sites for hydroxylation is 3. The lowest BCUT2D eigenvalue weighted by atomic mass is 9.94. The van der Waals surface area contributed by atoms with E-state index in [0.29, 0.717) is 22.3 Å². The molecule has 0 atom stereocenters. The van der Waals surface area contributed by atoms with Gasteiger partial charge in [0.25, 0.3) is 0 Å². The molecule has 0 aliphatic heterocycles. The van der Waals surface area contributed by atoms with Crippen molar-refractivity contribution in [3.63, 3.8) is 0 Å². The highest BCUT2D eigenvalue weighted by molar-refractivity contribution is 6.10. The molecule has 18 heavy (non-hydrogen) atoms. The number of rotatable bonds is 2. The average molecular weight is 242 g/mol. The van der Waals surface area contributed by atoms with Gasteiger partial charge in [-0.1, -0.05) is 29.8 Å². The molecule has 0 spiro atoms. The Kier molecular flexibility index (Phi) is 3.28. The molecule has 92 valence electrons. The largest absolute Gasteiger partial charge is 0.289 e. The van der Waals surface area contributed by atoms with E-state index in [9.17, 15) is 9.18 Å². The van der Waals surface area contributed by atoms with Crippen molar-refractivity contribution >= 4 is 5.78 Å². The van der Waals surface area contributed by atoms with Crippen molar-refractivity contribution in [2.45, 2.75) is 20.8 Å². The van der Waals surface area contributed by atoms with Crippen LogP contribution in [0.3, 0.4) is 0 Å². The maximum absolute atomic E-state index is 13.2. The number of carbonyl (C=O) groups excluding carboxylic acids is 1. The molecule has 0 saturated heterocycles. The van der Waals surface area contributed by atoms with E-state index < -0.39 is 0 Å². The molecule has 2 heteroatoms. The molecule has 2 aromatic carbocycles. The Hall–Kier alpha value is -1.96. The number of hydrogen-bond donors (Lipinski definition) is 0. The van der Waals surface area contributed by atoms with Gasteiger partial charge in [-0.15, -0.1) is 0 Å². The molecule has 0 N–H and O–H groups in total. The summed E-state index contributed by atoms with van der Waals surface area (Å²) < 4.78 is 13.2. The zero-order valence-electron chi connectivity index (χ0n) is 10.8. The van der Waals surface area contributed by atoms with E-state index >= 15 is 0 Å². The highest BCUT2D eigenvalue weighted by Crippen LogP contribution is 2.20. The summed E-state index contributed by atoms with van der Waals surface area (Å²) in [6.07, 6.45) is 0. The first kappa shape index (κ1) is 12.5. The average Bonchev–Trinajstić information content (AvgIpc) is 2.28. The third-order valence-electron chi connectivity index (χ3n) is 3.04. The van der Waals surface area contributed by atoms with Crippen LogP contribution in [0.4, 0.5) is 4.39 Å². The fourth-order valence-electron chi connectivity index (χ4n) is 2.12. The van der Waals surface area contributed by atoms with Crippen molar-refractivity contribution in [2.24, 2.45) is 0 Å². The van der Waals surface area contributed by atoms with Gasteiger partial charge in [-0.05, 0) is 44.0 Å². The van der Waals surface area contributed by atoms with Crippen molar-refractivity contribution in [3.8, 4) is 0 Å². The highest BCUT2D eigenvalue weighted by atomic mass is 19.1. The van der Waals surface area contributed by atoms with E-state index in [1.165, 1.54) is 12.1 Å². The van der Waals surface area contributed by atoms with Gasteiger partial charge in [-0.25, -0.2) is 4.39 Å². The van der Waals surface area contributed by atoms with Gasteiger partial charge in [0.05, 0.1) is 0 Å². The monoisotopic (exact) mass is 242 g/mol. The first-order chi connectivity index (χ1) is 8.49. The SMILES string of the molecule is Cc1ccc(C(=O)c2c(C)cc(F)cc2C)cc1. The normalized spacial score (nSPS) is 10.4. The molecule has 0 aromatic heterocycles. The highest BCUT2D eigenvalue weighted by Gasteiger charge is 2.15. The number of ketones is 1. The lowest BCUT2D eigenvalue weighted by Gasteiger charge is -2.09. The van der Waals surface area contributed by atoms with Crippen molar-refractivity contribution in [2.75, 3.05) is 0 Å². The van der Waals surface area contributed by atoms with Crippen LogP contribution >= 0.6 is 0 Å². The van der Waals surface area contributed by atoms with Gasteiger partial charge < -0.3 is 0 Å². The molecule has 1 nitrogen and oxygen atoms in total. The number of carbonyl (C=O) groups is 1. The molecule has 0 aliphatic rings. The summed E-state index contributed by atoms with van der Waals surface area (Å²) in [7, 11) is 0. The van der Waals surface area contributed by atoms with Crippen LogP contribution in [0.25, 0.3) is 0 Å². The van der Waals surface area contributed by atoms with E-state index in [2.05, 4.69) is 0 Å². The molecule has 0 saturated carbocycles. The lowest BCUT2D eigenvalue weighted by molar-refractivity contribution is 0.103. The van der Waals surface area contributed by atoms with E-state index in [1.807, 2.05) is 19.1 Å². The second-order valence-electron chi connectivity index (χ2n) is 4.61. The Labute approximate surface area is 106 Å². The molecule has 0 bridgehead atoms. The van der Waals surface area contributed by atoms with Crippen molar-refractivity contribution in [3.05, 3.63) is 70.0 Å². The Bertz CT molecular complexity index is 574. The van der Waals surface area contributed by atoms with Crippen LogP contribution in [0.15, 0.2) is 36.4 Å². The van der Waals surface area contributed by atoms with Crippen LogP contribution in [0.1, 0.15) is 32.6 Å². The summed E-state index contributed by atoms with van der Waals surface area (Å²) in [5, 5.41) is 0. The Morgan fingerprint density at radius 2 is 1.44 bits per heavy atom. The van der Waals surface area contributed by atoms with Crippen LogP contribution < -0.4 is 0 Å². The van der Waals surface area contributed by atoms with E-state index in [-0.39, 0.29) is 11.6 Å². The van der Waals surface area contributed by atoms with E-state index in [4.69, 9.17) is 0 Å². The van der Waals surface area contributed by atoms with Gasteiger partial charge in [0, 0.05) is 11.1 Å². The molecule has 0 heterocycles. The Morgan fingerprint density at radius 1 is 0.944 bits per heavy atom. The molecule has 0 radical (unpaired) electrons. The minimum atomic E-state index is -0.301. The second kappa shape index (κ2) is 4.73. The minimum absolute atomic E-state index is 0.0509. The summed E-state index contributed by atoms with van der Waals surface area (Å²) in [6.45, 7) is 5.50. The Morgan fingerprint density at radius 3 is 1.94 bits per heavy atom. The van der Waals surface area contributed by atoms with Gasteiger partial charge in [0.15, 0.2) is 5.78 Å². The van der Waals surface area contributed by atoms with Crippen molar-refractivity contribution < 1.29 is 9.18 Å². The number of halogens is 1. The topological polar surface area (TPSA) is 17.1 Å². The fourth-order valence-corrected chi connectivity index (χ4v) is 2.12. The maximum Gasteiger partial charge on any atom is 0.193 e. The van der Waals surface area contributed by atoms with Crippen LogP contribution in [-0.2, 0) is 0 Å². The fraction of sp³-hybridized carbons (Fsp3) is 0.188. The quantitative estimate of drug-likeness (QED) is 0.728. The van der Waals surface area contributed by atoms with Gasteiger partial charge in [-0.3, -0.25) is 4.79 Å². The van der Waals surface area contributed by atoms with Gasteiger partial charge in [0.2, 0.25) is 0 Å². The first-order valence-corrected chi connectivity index (χ1v) is 5.87. The third kappa shape index (κ3) is 2.33. The predicted molar refractivity (Wildman–Crippen MR) is 70.5 cm³/mol.